The SMILES string of the molecule is C=CCn1c(C)nc2cc3ccccc3cc21. The van der Waals surface area contributed by atoms with Gasteiger partial charge in [-0.1, -0.05) is 30.3 Å². The first-order valence-corrected chi connectivity index (χ1v) is 5.76. The summed E-state index contributed by atoms with van der Waals surface area (Å²) in [5.41, 5.74) is 2.24. The third-order valence-electron chi connectivity index (χ3n) is 3.12. The van der Waals surface area contributed by atoms with E-state index in [4.69, 9.17) is 0 Å². The summed E-state index contributed by atoms with van der Waals surface area (Å²) in [6.45, 7) is 6.64. The third-order valence-corrected chi connectivity index (χ3v) is 3.12. The monoisotopic (exact) mass is 222 g/mol. The van der Waals surface area contributed by atoms with Crippen molar-refractivity contribution in [1.29, 1.82) is 0 Å². The molecule has 1 heterocycles. The Morgan fingerprint density at radius 3 is 2.65 bits per heavy atom. The molecule has 0 aliphatic rings. The number of hydrogen-bond acceptors (Lipinski definition) is 1. The molecule has 2 heteroatoms. The minimum Gasteiger partial charge on any atom is -0.324 e. The summed E-state index contributed by atoms with van der Waals surface area (Å²) in [5, 5.41) is 2.49. The summed E-state index contributed by atoms with van der Waals surface area (Å²) in [6, 6.07) is 12.7. The van der Waals surface area contributed by atoms with Crippen LogP contribution < -0.4 is 0 Å². The van der Waals surface area contributed by atoms with Crippen molar-refractivity contribution in [2.24, 2.45) is 0 Å². The number of allylic oxidation sites excluding steroid dienone is 1. The Labute approximate surface area is 100 Å². The van der Waals surface area contributed by atoms with E-state index in [-0.39, 0.29) is 0 Å². The molecule has 0 unspecified atom stereocenters. The summed E-state index contributed by atoms with van der Waals surface area (Å²) in [4.78, 5) is 4.60. The van der Waals surface area contributed by atoms with Crippen LogP contribution in [0.5, 0.6) is 0 Å². The molecule has 0 saturated carbocycles. The Balaban J connectivity index is 2.39. The molecule has 3 rings (SSSR count). The quantitative estimate of drug-likeness (QED) is 0.605. The van der Waals surface area contributed by atoms with E-state index in [2.05, 4.69) is 52.5 Å². The van der Waals surface area contributed by atoms with Crippen LogP contribution in [0.15, 0.2) is 49.1 Å². The van der Waals surface area contributed by atoms with E-state index < -0.39 is 0 Å². The van der Waals surface area contributed by atoms with Gasteiger partial charge in [0.15, 0.2) is 0 Å². The highest BCUT2D eigenvalue weighted by molar-refractivity contribution is 5.95. The van der Waals surface area contributed by atoms with Crippen molar-refractivity contribution in [2.45, 2.75) is 13.5 Å². The summed E-state index contributed by atoms with van der Waals surface area (Å²) < 4.78 is 2.19. The van der Waals surface area contributed by atoms with Gasteiger partial charge in [0.25, 0.3) is 0 Å². The zero-order chi connectivity index (χ0) is 11.8. The van der Waals surface area contributed by atoms with Crippen molar-refractivity contribution in [1.82, 2.24) is 9.55 Å². The maximum absolute atomic E-state index is 4.60. The number of aromatic nitrogens is 2. The van der Waals surface area contributed by atoms with Gasteiger partial charge in [-0.25, -0.2) is 4.98 Å². The van der Waals surface area contributed by atoms with E-state index in [1.54, 1.807) is 0 Å². The molecule has 3 aromatic rings. The average molecular weight is 222 g/mol. The second-order valence-corrected chi connectivity index (χ2v) is 4.25. The highest BCUT2D eigenvalue weighted by Gasteiger charge is 2.07. The largest absolute Gasteiger partial charge is 0.324 e. The normalized spacial score (nSPS) is 11.1. The summed E-state index contributed by atoms with van der Waals surface area (Å²) in [6.07, 6.45) is 1.91. The van der Waals surface area contributed by atoms with Crippen LogP contribution in [0, 0.1) is 6.92 Å². The molecule has 84 valence electrons. The number of fused-ring (bicyclic) bond motifs is 2. The van der Waals surface area contributed by atoms with Crippen molar-refractivity contribution in [3.63, 3.8) is 0 Å². The predicted molar refractivity (Wildman–Crippen MR) is 72.2 cm³/mol. The Hall–Kier alpha value is -2.09. The van der Waals surface area contributed by atoms with Crippen molar-refractivity contribution in [3.8, 4) is 0 Å². The Morgan fingerprint density at radius 1 is 1.24 bits per heavy atom. The number of hydrogen-bond donors (Lipinski definition) is 0. The fourth-order valence-corrected chi connectivity index (χ4v) is 2.29. The van der Waals surface area contributed by atoms with E-state index in [1.807, 2.05) is 13.0 Å². The first-order valence-electron chi connectivity index (χ1n) is 5.76. The van der Waals surface area contributed by atoms with Gasteiger partial charge < -0.3 is 4.57 Å². The number of nitrogens with zero attached hydrogens (tertiary/aromatic N) is 2. The van der Waals surface area contributed by atoms with Gasteiger partial charge in [0.05, 0.1) is 11.0 Å². The van der Waals surface area contributed by atoms with Crippen molar-refractivity contribution >= 4 is 21.8 Å². The second-order valence-electron chi connectivity index (χ2n) is 4.25. The van der Waals surface area contributed by atoms with Crippen LogP contribution >= 0.6 is 0 Å². The van der Waals surface area contributed by atoms with Crippen LogP contribution in [0.2, 0.25) is 0 Å². The van der Waals surface area contributed by atoms with Crippen molar-refractivity contribution in [2.75, 3.05) is 0 Å². The molecular formula is C15H14N2. The molecule has 0 aliphatic carbocycles. The Bertz CT molecular complexity index is 707. The molecular weight excluding hydrogens is 208 g/mol. The minimum atomic E-state index is 0.806. The highest BCUT2D eigenvalue weighted by Crippen LogP contribution is 2.23. The summed E-state index contributed by atoms with van der Waals surface area (Å²) in [5.74, 6) is 1.04. The fraction of sp³-hybridized carbons (Fsp3) is 0.133. The van der Waals surface area contributed by atoms with E-state index in [9.17, 15) is 0 Å². The lowest BCUT2D eigenvalue weighted by Gasteiger charge is -2.03. The molecule has 0 amide bonds. The molecule has 17 heavy (non-hydrogen) atoms. The first kappa shape index (κ1) is 10.1. The van der Waals surface area contributed by atoms with Crippen LogP contribution in [0.25, 0.3) is 21.8 Å². The lowest BCUT2D eigenvalue weighted by molar-refractivity contribution is 0.808. The standard InChI is InChI=1S/C15H14N2/c1-3-8-17-11(2)16-14-9-12-6-4-5-7-13(12)10-15(14)17/h3-7,9-10H,1,8H2,2H3. The smallest absolute Gasteiger partial charge is 0.107 e. The van der Waals surface area contributed by atoms with Crippen LogP contribution in [-0.2, 0) is 6.54 Å². The minimum absolute atomic E-state index is 0.806. The van der Waals surface area contributed by atoms with Crippen LogP contribution in [0.4, 0.5) is 0 Å². The van der Waals surface area contributed by atoms with Gasteiger partial charge in [0.2, 0.25) is 0 Å². The van der Waals surface area contributed by atoms with Gasteiger partial charge in [-0.15, -0.1) is 6.58 Å². The number of aryl methyl sites for hydroxylation is 1. The van der Waals surface area contributed by atoms with Crippen molar-refractivity contribution in [3.05, 3.63) is 54.9 Å². The lowest BCUT2D eigenvalue weighted by atomic mass is 10.1. The molecule has 0 atom stereocenters. The van der Waals surface area contributed by atoms with E-state index >= 15 is 0 Å². The molecule has 0 spiro atoms. The van der Waals surface area contributed by atoms with Crippen LogP contribution in [-0.4, -0.2) is 9.55 Å². The van der Waals surface area contributed by atoms with E-state index in [0.717, 1.165) is 17.9 Å². The van der Waals surface area contributed by atoms with Crippen LogP contribution in [0.3, 0.4) is 0 Å². The summed E-state index contributed by atoms with van der Waals surface area (Å²) >= 11 is 0. The lowest BCUT2D eigenvalue weighted by Crippen LogP contribution is -1.97. The van der Waals surface area contributed by atoms with Gasteiger partial charge in [-0.05, 0) is 29.8 Å². The molecule has 0 aliphatic heterocycles. The van der Waals surface area contributed by atoms with Gasteiger partial charge in [-0.2, -0.15) is 0 Å². The number of benzene rings is 2. The average Bonchev–Trinajstić information content (AvgIpc) is 2.63. The molecule has 2 nitrogen and oxygen atoms in total. The number of imidazole rings is 1. The first-order chi connectivity index (χ1) is 8.29. The molecule has 1 aromatic heterocycles. The zero-order valence-electron chi connectivity index (χ0n) is 9.85. The molecule has 2 aromatic carbocycles. The van der Waals surface area contributed by atoms with Gasteiger partial charge in [-0.3, -0.25) is 0 Å². The van der Waals surface area contributed by atoms with Crippen molar-refractivity contribution < 1.29 is 0 Å². The Kier molecular flexibility index (Phi) is 2.22. The fourth-order valence-electron chi connectivity index (χ4n) is 2.29. The summed E-state index contributed by atoms with van der Waals surface area (Å²) in [7, 11) is 0. The van der Waals surface area contributed by atoms with Crippen LogP contribution in [0.1, 0.15) is 5.82 Å². The third kappa shape index (κ3) is 1.53. The molecule has 0 saturated heterocycles. The zero-order valence-corrected chi connectivity index (χ0v) is 9.85. The van der Waals surface area contributed by atoms with Gasteiger partial charge >= 0.3 is 0 Å². The Morgan fingerprint density at radius 2 is 1.94 bits per heavy atom. The highest BCUT2D eigenvalue weighted by atomic mass is 15.1. The molecule has 0 radical (unpaired) electrons. The topological polar surface area (TPSA) is 17.8 Å². The predicted octanol–water partition coefficient (Wildman–Crippen LogP) is 3.68. The molecule has 0 fully saturated rings. The molecule has 0 N–H and O–H groups in total. The van der Waals surface area contributed by atoms with Gasteiger partial charge in [0, 0.05) is 6.54 Å². The second kappa shape index (κ2) is 3.74. The molecule has 0 bridgehead atoms. The maximum atomic E-state index is 4.60. The number of rotatable bonds is 2. The van der Waals surface area contributed by atoms with Gasteiger partial charge in [0.1, 0.15) is 5.82 Å². The van der Waals surface area contributed by atoms with E-state index in [1.165, 1.54) is 16.3 Å². The maximum Gasteiger partial charge on any atom is 0.107 e. The van der Waals surface area contributed by atoms with E-state index in [0.29, 0.717) is 0 Å².